The molecule has 1 heterocycles. The van der Waals surface area contributed by atoms with E-state index in [2.05, 4.69) is 44.6 Å². The zero-order chi connectivity index (χ0) is 24.7. The number of hydrogen-bond donors (Lipinski definition) is 3. The van der Waals surface area contributed by atoms with Crippen molar-refractivity contribution in [1.82, 2.24) is 15.6 Å². The molecule has 6 nitrogen and oxygen atoms in total. The number of anilines is 1. The van der Waals surface area contributed by atoms with Gasteiger partial charge in [-0.25, -0.2) is 4.39 Å². The van der Waals surface area contributed by atoms with E-state index < -0.39 is 0 Å². The van der Waals surface area contributed by atoms with Crippen LogP contribution in [0.1, 0.15) is 74.1 Å². The molecule has 1 aliphatic rings. The van der Waals surface area contributed by atoms with Gasteiger partial charge in [0.05, 0.1) is 11.4 Å². The molecule has 1 saturated carbocycles. The number of halogens is 1. The monoisotopic (exact) mass is 461 g/mol. The van der Waals surface area contributed by atoms with E-state index in [1.807, 2.05) is 33.9 Å². The lowest BCUT2D eigenvalue weighted by Gasteiger charge is -2.19. The summed E-state index contributed by atoms with van der Waals surface area (Å²) >= 11 is 0. The molecule has 1 aliphatic carbocycles. The maximum atomic E-state index is 14.6. The summed E-state index contributed by atoms with van der Waals surface area (Å²) in [6, 6.07) is 9.93. The van der Waals surface area contributed by atoms with Gasteiger partial charge in [-0.05, 0) is 70.4 Å². The van der Waals surface area contributed by atoms with E-state index >= 15 is 0 Å². The predicted molar refractivity (Wildman–Crippen MR) is 134 cm³/mol. The quantitative estimate of drug-likeness (QED) is 0.322. The number of carbonyl (C=O) groups is 1. The second kappa shape index (κ2) is 11.6. The molecule has 1 aromatic carbocycles. The lowest BCUT2D eigenvalue weighted by molar-refractivity contribution is 0.102. The molecule has 3 N–H and O–H groups in total. The van der Waals surface area contributed by atoms with Crippen LogP contribution in [-0.4, -0.2) is 29.7 Å². The third kappa shape index (κ3) is 7.00. The van der Waals surface area contributed by atoms with E-state index in [0.29, 0.717) is 22.7 Å². The Bertz CT molecular complexity index is 1070. The van der Waals surface area contributed by atoms with Gasteiger partial charge in [0.1, 0.15) is 11.4 Å². The molecule has 0 saturated heterocycles. The minimum atomic E-state index is -0.357. The largest absolute Gasteiger partial charge is 0.389 e. The smallest absolute Gasteiger partial charge is 0.265 e. The van der Waals surface area contributed by atoms with Crippen LogP contribution in [0.5, 0.6) is 0 Å². The van der Waals surface area contributed by atoms with Gasteiger partial charge in [-0.15, -0.1) is 0 Å². The van der Waals surface area contributed by atoms with E-state index in [1.54, 1.807) is 12.3 Å². The van der Waals surface area contributed by atoms with Crippen LogP contribution < -0.4 is 16.0 Å². The Morgan fingerprint density at radius 2 is 2.12 bits per heavy atom. The fourth-order valence-electron chi connectivity index (χ4n) is 3.35. The summed E-state index contributed by atoms with van der Waals surface area (Å²) in [5.74, 6) is -0.262. The normalized spacial score (nSPS) is 15.5. The number of nitrogens with one attached hydrogen (secondary N) is 3. The van der Waals surface area contributed by atoms with Crippen LogP contribution in [0.4, 0.5) is 10.1 Å². The molecule has 1 amide bonds. The van der Waals surface area contributed by atoms with Gasteiger partial charge in [-0.2, -0.15) is 0 Å². The molecule has 0 radical (unpaired) electrons. The molecule has 2 aromatic rings. The fourth-order valence-corrected chi connectivity index (χ4v) is 3.35. The average Bonchev–Trinajstić information content (AvgIpc) is 3.65. The number of aliphatic imine (C=N–C) groups is 1. The highest BCUT2D eigenvalue weighted by molar-refractivity contribution is 6.03. The molecular weight excluding hydrogens is 429 g/mol. The van der Waals surface area contributed by atoms with E-state index in [1.165, 1.54) is 18.3 Å². The van der Waals surface area contributed by atoms with Gasteiger partial charge in [0.25, 0.3) is 5.91 Å². The zero-order valence-electron chi connectivity index (χ0n) is 20.2. The summed E-state index contributed by atoms with van der Waals surface area (Å²) in [6.07, 6.45) is 7.33. The SMILES string of the molecule is C=C(C)/C(=C\NCC)N=CC(C)N[C@@H](C)c1cc(NC(=O)c2c#cc(C3CC3)nc2)ccc1F. The standard InChI is InChI=1S/C27H32FN5O/c1-6-29-16-26(17(2)3)30-14-18(4)32-19(5)23-13-22(10-11-24(23)28)33-27(34)21-9-12-25(31-15-21)20-7-8-20/h10-11,13-16,18-20,29,32H,2,6-8H2,1,3-5H3,(H,33,34)/b26-16+,30-14?/t18?,19-/m0/s1. The molecule has 34 heavy (non-hydrogen) atoms. The number of carbonyl (C=O) groups excluding carboxylic acids is 1. The molecule has 1 unspecified atom stereocenters. The average molecular weight is 462 g/mol. The Kier molecular flexibility index (Phi) is 8.55. The summed E-state index contributed by atoms with van der Waals surface area (Å²) in [5, 5.41) is 9.24. The molecule has 3 rings (SSSR count). The third-order valence-corrected chi connectivity index (χ3v) is 5.42. The van der Waals surface area contributed by atoms with Gasteiger partial charge in [-0.1, -0.05) is 12.6 Å². The molecule has 0 spiro atoms. The molecule has 1 fully saturated rings. The number of amides is 1. The van der Waals surface area contributed by atoms with Crippen molar-refractivity contribution in [1.29, 1.82) is 0 Å². The van der Waals surface area contributed by atoms with Crippen LogP contribution in [-0.2, 0) is 0 Å². The maximum absolute atomic E-state index is 14.6. The van der Waals surface area contributed by atoms with Gasteiger partial charge in [0, 0.05) is 54.4 Å². The first-order valence-corrected chi connectivity index (χ1v) is 11.6. The predicted octanol–water partition coefficient (Wildman–Crippen LogP) is 5.09. The number of rotatable bonds is 11. The second-order valence-electron chi connectivity index (χ2n) is 8.59. The summed E-state index contributed by atoms with van der Waals surface area (Å²) in [7, 11) is 0. The Labute approximate surface area is 201 Å². The van der Waals surface area contributed by atoms with Crippen molar-refractivity contribution in [2.75, 3.05) is 11.9 Å². The third-order valence-electron chi connectivity index (χ3n) is 5.42. The van der Waals surface area contributed by atoms with E-state index in [9.17, 15) is 9.18 Å². The molecule has 2 atom stereocenters. The van der Waals surface area contributed by atoms with Crippen molar-refractivity contribution in [3.8, 4) is 0 Å². The second-order valence-corrected chi connectivity index (χ2v) is 8.59. The minimum Gasteiger partial charge on any atom is -0.389 e. The molecule has 7 heteroatoms. The van der Waals surface area contributed by atoms with Crippen molar-refractivity contribution in [2.45, 2.75) is 58.5 Å². The lowest BCUT2D eigenvalue weighted by atomic mass is 10.1. The van der Waals surface area contributed by atoms with E-state index in [0.717, 1.165) is 36.4 Å². The van der Waals surface area contributed by atoms with Gasteiger partial charge in [0.2, 0.25) is 0 Å². The highest BCUT2D eigenvalue weighted by Gasteiger charge is 2.25. The van der Waals surface area contributed by atoms with Crippen molar-refractivity contribution < 1.29 is 9.18 Å². The van der Waals surface area contributed by atoms with Crippen LogP contribution in [0.15, 0.2) is 53.4 Å². The molecule has 178 valence electrons. The first-order chi connectivity index (χ1) is 16.3. The van der Waals surface area contributed by atoms with E-state index in [4.69, 9.17) is 0 Å². The fraction of sp³-hybridized carbons (Fsp3) is 0.370. The van der Waals surface area contributed by atoms with Gasteiger partial charge < -0.3 is 16.0 Å². The lowest BCUT2D eigenvalue weighted by Crippen LogP contribution is -2.30. The molecule has 0 bridgehead atoms. The topological polar surface area (TPSA) is 78.4 Å². The Morgan fingerprint density at radius 3 is 2.74 bits per heavy atom. The van der Waals surface area contributed by atoms with Crippen LogP contribution in [0, 0.1) is 17.9 Å². The Hall–Kier alpha value is -3.50. The number of aromatic nitrogens is 1. The minimum absolute atomic E-state index is 0.127. The van der Waals surface area contributed by atoms with Crippen LogP contribution in [0.3, 0.4) is 0 Å². The number of benzene rings is 1. The number of nitrogens with zero attached hydrogens (tertiary/aromatic N) is 2. The summed E-state index contributed by atoms with van der Waals surface area (Å²) in [4.78, 5) is 21.4. The first-order valence-electron chi connectivity index (χ1n) is 11.6. The number of hydrogen-bond acceptors (Lipinski definition) is 5. The van der Waals surface area contributed by atoms with Crippen molar-refractivity contribution >= 4 is 17.8 Å². The number of allylic oxidation sites excluding steroid dienone is 1. The van der Waals surface area contributed by atoms with Crippen LogP contribution in [0.2, 0.25) is 0 Å². The van der Waals surface area contributed by atoms with Crippen LogP contribution >= 0.6 is 0 Å². The maximum Gasteiger partial charge on any atom is 0.265 e. The molecular formula is C27H32FN5O. The highest BCUT2D eigenvalue weighted by atomic mass is 19.1. The molecule has 0 aliphatic heterocycles. The summed E-state index contributed by atoms with van der Waals surface area (Å²) in [5.41, 5.74) is 3.69. The molecule has 1 aromatic heterocycles. The van der Waals surface area contributed by atoms with Gasteiger partial charge in [-0.3, -0.25) is 14.8 Å². The Balaban J connectivity index is 1.64. The highest BCUT2D eigenvalue weighted by Crippen LogP contribution is 2.37. The zero-order valence-corrected chi connectivity index (χ0v) is 20.2. The van der Waals surface area contributed by atoms with Crippen molar-refractivity contribution in [3.63, 3.8) is 0 Å². The first kappa shape index (κ1) is 25.1. The van der Waals surface area contributed by atoms with Gasteiger partial charge in [0.15, 0.2) is 0 Å². The van der Waals surface area contributed by atoms with Crippen LogP contribution in [0.25, 0.3) is 0 Å². The van der Waals surface area contributed by atoms with Gasteiger partial charge >= 0.3 is 0 Å². The summed E-state index contributed by atoms with van der Waals surface area (Å²) in [6.45, 7) is 12.4. The van der Waals surface area contributed by atoms with Crippen molar-refractivity contribution in [3.05, 3.63) is 83.2 Å². The summed E-state index contributed by atoms with van der Waals surface area (Å²) < 4.78 is 14.6. The van der Waals surface area contributed by atoms with Crippen molar-refractivity contribution in [2.24, 2.45) is 4.99 Å². The Morgan fingerprint density at radius 1 is 1.35 bits per heavy atom. The van der Waals surface area contributed by atoms with E-state index in [-0.39, 0.29) is 23.8 Å².